The molecule has 0 saturated carbocycles. The summed E-state index contributed by atoms with van der Waals surface area (Å²) in [5, 5.41) is 1.75. The van der Waals surface area contributed by atoms with E-state index >= 15 is 0 Å². The molecule has 1 aromatic heterocycles. The molecule has 2 aromatic rings. The summed E-state index contributed by atoms with van der Waals surface area (Å²) in [7, 11) is 0. The molecule has 0 radical (unpaired) electrons. The van der Waals surface area contributed by atoms with Gasteiger partial charge in [-0.15, -0.1) is 0 Å². The van der Waals surface area contributed by atoms with Gasteiger partial charge in [-0.3, -0.25) is 4.98 Å². The van der Waals surface area contributed by atoms with E-state index in [4.69, 9.17) is 11.6 Å². The van der Waals surface area contributed by atoms with E-state index in [1.54, 1.807) is 6.20 Å². The smallest absolute Gasteiger partial charge is 0.0747 e. The van der Waals surface area contributed by atoms with Gasteiger partial charge < -0.3 is 0 Å². The van der Waals surface area contributed by atoms with Crippen molar-refractivity contribution in [2.24, 2.45) is 0 Å². The Labute approximate surface area is 96.2 Å². The van der Waals surface area contributed by atoms with Crippen LogP contribution in [0.1, 0.15) is 11.1 Å². The minimum atomic E-state index is 0.738. The molecular formula is C11H9BrClN. The van der Waals surface area contributed by atoms with Crippen molar-refractivity contribution in [1.29, 1.82) is 0 Å². The molecule has 0 fully saturated rings. The maximum absolute atomic E-state index is 6.18. The van der Waals surface area contributed by atoms with Crippen molar-refractivity contribution in [2.75, 3.05) is 0 Å². The first kappa shape index (κ1) is 9.94. The Morgan fingerprint density at radius 3 is 2.71 bits per heavy atom. The van der Waals surface area contributed by atoms with E-state index < -0.39 is 0 Å². The maximum atomic E-state index is 6.18. The molecule has 0 unspecified atom stereocenters. The van der Waals surface area contributed by atoms with Crippen molar-refractivity contribution in [1.82, 2.24) is 4.98 Å². The van der Waals surface area contributed by atoms with E-state index in [1.807, 2.05) is 6.92 Å². The van der Waals surface area contributed by atoms with Crippen LogP contribution < -0.4 is 0 Å². The third-order valence-corrected chi connectivity index (χ3v) is 3.43. The third-order valence-electron chi connectivity index (χ3n) is 2.20. The fraction of sp³-hybridized carbons (Fsp3) is 0.182. The highest BCUT2D eigenvalue weighted by molar-refractivity contribution is 9.10. The van der Waals surface area contributed by atoms with Gasteiger partial charge in [0.15, 0.2) is 0 Å². The van der Waals surface area contributed by atoms with Crippen LogP contribution in [0.3, 0.4) is 0 Å². The van der Waals surface area contributed by atoms with Crippen molar-refractivity contribution < 1.29 is 0 Å². The average molecular weight is 271 g/mol. The lowest BCUT2D eigenvalue weighted by atomic mass is 10.1. The second kappa shape index (κ2) is 3.52. The highest BCUT2D eigenvalue weighted by Gasteiger charge is 2.06. The van der Waals surface area contributed by atoms with Gasteiger partial charge >= 0.3 is 0 Å². The second-order valence-corrected chi connectivity index (χ2v) is 4.63. The molecule has 0 atom stereocenters. The lowest BCUT2D eigenvalue weighted by Gasteiger charge is -2.06. The molecule has 0 aliphatic rings. The van der Waals surface area contributed by atoms with E-state index in [0.717, 1.165) is 26.0 Å². The lowest BCUT2D eigenvalue weighted by Crippen LogP contribution is -1.87. The summed E-state index contributed by atoms with van der Waals surface area (Å²) < 4.78 is 0.844. The molecule has 1 aromatic carbocycles. The quantitative estimate of drug-likeness (QED) is 0.697. The van der Waals surface area contributed by atoms with Crippen molar-refractivity contribution in [3.8, 4) is 0 Å². The first-order chi connectivity index (χ1) is 6.59. The summed E-state index contributed by atoms with van der Waals surface area (Å²) in [4.78, 5) is 4.35. The van der Waals surface area contributed by atoms with Crippen LogP contribution in [0.4, 0.5) is 0 Å². The fourth-order valence-corrected chi connectivity index (χ4v) is 2.11. The topological polar surface area (TPSA) is 12.9 Å². The van der Waals surface area contributed by atoms with Gasteiger partial charge in [0.05, 0.1) is 15.0 Å². The van der Waals surface area contributed by atoms with Gasteiger partial charge in [-0.25, -0.2) is 0 Å². The summed E-state index contributed by atoms with van der Waals surface area (Å²) >= 11 is 9.55. The van der Waals surface area contributed by atoms with Crippen LogP contribution in [-0.2, 0) is 0 Å². The first-order valence-corrected chi connectivity index (χ1v) is 5.47. The van der Waals surface area contributed by atoms with Crippen LogP contribution >= 0.6 is 27.5 Å². The molecule has 72 valence electrons. The normalized spacial score (nSPS) is 10.9. The molecule has 3 heteroatoms. The monoisotopic (exact) mass is 269 g/mol. The molecular weight excluding hydrogens is 261 g/mol. The number of halogens is 2. The molecule has 14 heavy (non-hydrogen) atoms. The number of pyridine rings is 1. The summed E-state index contributed by atoms with van der Waals surface area (Å²) in [6, 6.07) is 4.17. The molecule has 1 heterocycles. The number of hydrogen-bond donors (Lipinski definition) is 0. The number of benzene rings is 1. The largest absolute Gasteiger partial charge is 0.255 e. The number of nitrogens with zero attached hydrogens (tertiary/aromatic N) is 1. The van der Waals surface area contributed by atoms with Crippen LogP contribution in [-0.4, -0.2) is 4.98 Å². The summed E-state index contributed by atoms with van der Waals surface area (Å²) in [5.41, 5.74) is 3.34. The van der Waals surface area contributed by atoms with Crippen molar-refractivity contribution in [2.45, 2.75) is 13.8 Å². The Bertz CT molecular complexity index is 508. The van der Waals surface area contributed by atoms with Crippen molar-refractivity contribution in [3.63, 3.8) is 0 Å². The number of fused-ring (bicyclic) bond motifs is 1. The zero-order chi connectivity index (χ0) is 10.3. The zero-order valence-electron chi connectivity index (χ0n) is 7.94. The molecule has 0 aliphatic heterocycles. The molecule has 2 rings (SSSR count). The van der Waals surface area contributed by atoms with Crippen LogP contribution in [0.2, 0.25) is 5.02 Å². The van der Waals surface area contributed by atoms with Crippen LogP contribution in [0.5, 0.6) is 0 Å². The Morgan fingerprint density at radius 1 is 1.29 bits per heavy atom. The van der Waals surface area contributed by atoms with Crippen LogP contribution in [0.25, 0.3) is 10.9 Å². The van der Waals surface area contributed by atoms with Gasteiger partial charge in [0.1, 0.15) is 0 Å². The molecule has 0 saturated heterocycles. The van der Waals surface area contributed by atoms with Gasteiger partial charge in [0.2, 0.25) is 0 Å². The van der Waals surface area contributed by atoms with Gasteiger partial charge in [-0.1, -0.05) is 23.2 Å². The molecule has 0 spiro atoms. The predicted octanol–water partition coefficient (Wildman–Crippen LogP) is 4.27. The zero-order valence-corrected chi connectivity index (χ0v) is 10.3. The summed E-state index contributed by atoms with van der Waals surface area (Å²) in [6.07, 6.45) is 1.74. The van der Waals surface area contributed by atoms with Crippen molar-refractivity contribution >= 4 is 38.4 Å². The van der Waals surface area contributed by atoms with E-state index in [9.17, 15) is 0 Å². The standard InChI is InChI=1S/C11H9BrClN/c1-6-3-7(2)11-8(4-6)10(13)9(12)5-14-11/h3-5H,1-2H3. The van der Waals surface area contributed by atoms with Crippen molar-refractivity contribution in [3.05, 3.63) is 39.0 Å². The molecule has 0 N–H and O–H groups in total. The highest BCUT2D eigenvalue weighted by atomic mass is 79.9. The second-order valence-electron chi connectivity index (χ2n) is 3.40. The number of aryl methyl sites for hydroxylation is 2. The molecule has 1 nitrogen and oxygen atoms in total. The van der Waals surface area contributed by atoms with Gasteiger partial charge in [-0.05, 0) is 41.4 Å². The predicted molar refractivity (Wildman–Crippen MR) is 63.9 cm³/mol. The van der Waals surface area contributed by atoms with Crippen LogP contribution in [0, 0.1) is 13.8 Å². The van der Waals surface area contributed by atoms with E-state index in [0.29, 0.717) is 0 Å². The SMILES string of the molecule is Cc1cc(C)c2ncc(Br)c(Cl)c2c1. The van der Waals surface area contributed by atoms with E-state index in [-0.39, 0.29) is 0 Å². The van der Waals surface area contributed by atoms with Gasteiger partial charge in [-0.2, -0.15) is 0 Å². The van der Waals surface area contributed by atoms with Crippen LogP contribution in [0.15, 0.2) is 22.8 Å². The molecule has 0 amide bonds. The molecule has 0 bridgehead atoms. The number of aromatic nitrogens is 1. The minimum absolute atomic E-state index is 0.738. The number of hydrogen-bond acceptors (Lipinski definition) is 1. The maximum Gasteiger partial charge on any atom is 0.0747 e. The van der Waals surface area contributed by atoms with Gasteiger partial charge in [0, 0.05) is 11.6 Å². The minimum Gasteiger partial charge on any atom is -0.255 e. The average Bonchev–Trinajstić information content (AvgIpc) is 2.12. The third kappa shape index (κ3) is 1.53. The summed E-state index contributed by atoms with van der Waals surface area (Å²) in [6.45, 7) is 4.11. The Hall–Kier alpha value is -0.600. The molecule has 0 aliphatic carbocycles. The van der Waals surface area contributed by atoms with E-state index in [1.165, 1.54) is 5.56 Å². The highest BCUT2D eigenvalue weighted by Crippen LogP contribution is 2.31. The Kier molecular flexibility index (Phi) is 2.50. The van der Waals surface area contributed by atoms with Gasteiger partial charge in [0.25, 0.3) is 0 Å². The Balaban J connectivity index is 2.95. The van der Waals surface area contributed by atoms with E-state index in [2.05, 4.69) is 40.0 Å². The lowest BCUT2D eigenvalue weighted by molar-refractivity contribution is 1.33. The number of rotatable bonds is 0. The fourth-order valence-electron chi connectivity index (χ4n) is 1.61. The first-order valence-electron chi connectivity index (χ1n) is 4.30. The summed E-state index contributed by atoms with van der Waals surface area (Å²) in [5.74, 6) is 0. The Morgan fingerprint density at radius 2 is 2.00 bits per heavy atom.